The number of likely N-dealkylation sites (N-methyl/N-ethyl adjacent to an activating group) is 1. The zero-order valence-electron chi connectivity index (χ0n) is 16.7. The fourth-order valence-corrected chi connectivity index (χ4v) is 3.89. The second-order valence-corrected chi connectivity index (χ2v) is 8.72. The number of thiophene rings is 1. The Morgan fingerprint density at radius 1 is 1.11 bits per heavy atom. The van der Waals surface area contributed by atoms with Crippen LogP contribution in [0.15, 0.2) is 30.3 Å². The van der Waals surface area contributed by atoms with Crippen molar-refractivity contribution in [3.8, 4) is 21.9 Å². The van der Waals surface area contributed by atoms with Gasteiger partial charge in [-0.1, -0.05) is 0 Å². The van der Waals surface area contributed by atoms with Crippen molar-refractivity contribution >= 4 is 23.2 Å². The molecule has 1 aromatic heterocycles. The van der Waals surface area contributed by atoms with Gasteiger partial charge in [0.05, 0.1) is 11.4 Å². The number of amides is 2. The lowest BCUT2D eigenvalue weighted by Crippen LogP contribution is -2.47. The molecule has 0 atom stereocenters. The van der Waals surface area contributed by atoms with E-state index in [0.717, 1.165) is 21.9 Å². The number of fused-ring (bicyclic) bond motifs is 1. The molecule has 0 unspecified atom stereocenters. The Hall–Kier alpha value is -2.54. The molecule has 1 N–H and O–H groups in total. The van der Waals surface area contributed by atoms with Gasteiger partial charge in [-0.3, -0.25) is 9.59 Å². The molecule has 0 saturated carbocycles. The van der Waals surface area contributed by atoms with E-state index in [0.29, 0.717) is 24.6 Å². The van der Waals surface area contributed by atoms with Crippen molar-refractivity contribution < 1.29 is 19.1 Å². The van der Waals surface area contributed by atoms with E-state index in [1.165, 1.54) is 11.3 Å². The Kier molecular flexibility index (Phi) is 5.93. The van der Waals surface area contributed by atoms with Crippen LogP contribution < -0.4 is 14.8 Å². The Labute approximate surface area is 169 Å². The van der Waals surface area contributed by atoms with Crippen LogP contribution >= 0.6 is 11.3 Å². The van der Waals surface area contributed by atoms with E-state index in [2.05, 4.69) is 5.32 Å². The molecule has 1 aliphatic rings. The molecule has 0 radical (unpaired) electrons. The normalized spacial score (nSPS) is 13.1. The second-order valence-electron chi connectivity index (χ2n) is 7.64. The molecule has 0 spiro atoms. The summed E-state index contributed by atoms with van der Waals surface area (Å²) >= 11 is 1.41. The van der Waals surface area contributed by atoms with Gasteiger partial charge < -0.3 is 19.7 Å². The Bertz CT molecular complexity index is 870. The van der Waals surface area contributed by atoms with Gasteiger partial charge in [0.2, 0.25) is 5.91 Å². The maximum atomic E-state index is 12.9. The number of ether oxygens (including phenoxy) is 2. The average molecular weight is 403 g/mol. The predicted octanol–water partition coefficient (Wildman–Crippen LogP) is 3.56. The molecule has 1 aliphatic heterocycles. The van der Waals surface area contributed by atoms with Crippen molar-refractivity contribution in [1.82, 2.24) is 10.2 Å². The van der Waals surface area contributed by atoms with E-state index < -0.39 is 0 Å². The third kappa shape index (κ3) is 4.84. The highest BCUT2D eigenvalue weighted by Crippen LogP contribution is 2.37. The first-order valence-electron chi connectivity index (χ1n) is 9.37. The molecule has 0 saturated heterocycles. The number of nitrogens with one attached hydrogen (secondary N) is 1. The summed E-state index contributed by atoms with van der Waals surface area (Å²) in [6, 6.07) is 9.51. The van der Waals surface area contributed by atoms with E-state index in [1.54, 1.807) is 4.90 Å². The molecule has 28 heavy (non-hydrogen) atoms. The van der Waals surface area contributed by atoms with E-state index in [4.69, 9.17) is 9.47 Å². The molecular formula is C21H26N2O4S. The zero-order chi connectivity index (χ0) is 20.3. The minimum atomic E-state index is -0.326. The first-order chi connectivity index (χ1) is 13.3. The number of benzene rings is 1. The number of rotatable bonds is 5. The minimum Gasteiger partial charge on any atom is -0.486 e. The highest BCUT2D eigenvalue weighted by molar-refractivity contribution is 7.17. The highest BCUT2D eigenvalue weighted by Gasteiger charge is 2.22. The molecule has 0 fully saturated rings. The summed E-state index contributed by atoms with van der Waals surface area (Å²) in [5.41, 5.74) is 0.648. The largest absolute Gasteiger partial charge is 0.486 e. The van der Waals surface area contributed by atoms with Crippen LogP contribution in [0.4, 0.5) is 0 Å². The first-order valence-corrected chi connectivity index (χ1v) is 10.2. The first kappa shape index (κ1) is 20.2. The standard InChI is InChI=1S/C21H26N2O4S/c1-5-23(13-19(24)22-21(2,3)4)20(25)18-9-8-17(28-18)14-6-7-15-16(12-14)27-11-10-26-15/h6-9,12H,5,10-11,13H2,1-4H3,(H,22,24). The van der Waals surface area contributed by atoms with Gasteiger partial charge >= 0.3 is 0 Å². The van der Waals surface area contributed by atoms with E-state index in [-0.39, 0.29) is 23.9 Å². The van der Waals surface area contributed by atoms with Gasteiger partial charge in [-0.15, -0.1) is 11.3 Å². The molecule has 2 heterocycles. The van der Waals surface area contributed by atoms with Crippen LogP contribution in [0.25, 0.3) is 10.4 Å². The lowest BCUT2D eigenvalue weighted by molar-refractivity contribution is -0.123. The Morgan fingerprint density at radius 3 is 2.50 bits per heavy atom. The van der Waals surface area contributed by atoms with E-state index in [1.807, 2.05) is 58.0 Å². The summed E-state index contributed by atoms with van der Waals surface area (Å²) in [5, 5.41) is 2.90. The summed E-state index contributed by atoms with van der Waals surface area (Å²) in [4.78, 5) is 28.2. The molecule has 7 heteroatoms. The van der Waals surface area contributed by atoms with Gasteiger partial charge in [0.25, 0.3) is 5.91 Å². The van der Waals surface area contributed by atoms with Crippen LogP contribution in [0.3, 0.4) is 0 Å². The highest BCUT2D eigenvalue weighted by atomic mass is 32.1. The van der Waals surface area contributed by atoms with Gasteiger partial charge in [-0.2, -0.15) is 0 Å². The van der Waals surface area contributed by atoms with E-state index in [9.17, 15) is 9.59 Å². The van der Waals surface area contributed by atoms with Gasteiger partial charge in [-0.05, 0) is 63.6 Å². The molecule has 1 aromatic carbocycles. The van der Waals surface area contributed by atoms with Gasteiger partial charge in [0.15, 0.2) is 11.5 Å². The summed E-state index contributed by atoms with van der Waals surface area (Å²) in [6.07, 6.45) is 0. The topological polar surface area (TPSA) is 67.9 Å². The number of hydrogen-bond acceptors (Lipinski definition) is 5. The fraction of sp³-hybridized carbons (Fsp3) is 0.429. The Balaban J connectivity index is 1.73. The summed E-state index contributed by atoms with van der Waals surface area (Å²) < 4.78 is 11.2. The van der Waals surface area contributed by atoms with Crippen molar-refractivity contribution in [3.63, 3.8) is 0 Å². The SMILES string of the molecule is CCN(CC(=O)NC(C)(C)C)C(=O)c1ccc(-c2ccc3c(c2)OCCO3)s1. The van der Waals surface area contributed by atoms with Crippen LogP contribution in [0.2, 0.25) is 0 Å². The van der Waals surface area contributed by atoms with E-state index >= 15 is 0 Å². The van der Waals surface area contributed by atoms with Crippen molar-refractivity contribution in [1.29, 1.82) is 0 Å². The smallest absolute Gasteiger partial charge is 0.264 e. The molecule has 6 nitrogen and oxygen atoms in total. The molecule has 0 bridgehead atoms. The van der Waals surface area contributed by atoms with Crippen LogP contribution in [0, 0.1) is 0 Å². The molecule has 150 valence electrons. The quantitative estimate of drug-likeness (QED) is 0.830. The minimum absolute atomic E-state index is 0.0455. The molecule has 2 amide bonds. The number of hydrogen-bond donors (Lipinski definition) is 1. The van der Waals surface area contributed by atoms with Crippen molar-refractivity contribution in [2.75, 3.05) is 26.3 Å². The molecular weight excluding hydrogens is 376 g/mol. The third-order valence-electron chi connectivity index (χ3n) is 4.16. The van der Waals surface area contributed by atoms with Gasteiger partial charge in [0.1, 0.15) is 13.2 Å². The summed E-state index contributed by atoms with van der Waals surface area (Å²) in [7, 11) is 0. The third-order valence-corrected chi connectivity index (χ3v) is 5.28. The van der Waals surface area contributed by atoms with Crippen molar-refractivity contribution in [3.05, 3.63) is 35.2 Å². The summed E-state index contributed by atoms with van der Waals surface area (Å²) in [5.74, 6) is 1.16. The maximum absolute atomic E-state index is 12.9. The van der Waals surface area contributed by atoms with Crippen molar-refractivity contribution in [2.45, 2.75) is 33.2 Å². The van der Waals surface area contributed by atoms with Crippen LogP contribution in [-0.2, 0) is 4.79 Å². The molecule has 2 aromatic rings. The monoisotopic (exact) mass is 402 g/mol. The number of carbonyl (C=O) groups is 2. The van der Waals surface area contributed by atoms with Gasteiger partial charge in [0, 0.05) is 17.0 Å². The lowest BCUT2D eigenvalue weighted by Gasteiger charge is -2.24. The zero-order valence-corrected chi connectivity index (χ0v) is 17.5. The predicted molar refractivity (Wildman–Crippen MR) is 110 cm³/mol. The van der Waals surface area contributed by atoms with Crippen LogP contribution in [0.5, 0.6) is 11.5 Å². The Morgan fingerprint density at radius 2 is 1.82 bits per heavy atom. The molecule has 3 rings (SSSR count). The number of nitrogens with zero attached hydrogens (tertiary/aromatic N) is 1. The number of carbonyl (C=O) groups excluding carboxylic acids is 2. The van der Waals surface area contributed by atoms with Crippen LogP contribution in [0.1, 0.15) is 37.4 Å². The average Bonchev–Trinajstić information content (AvgIpc) is 3.14. The van der Waals surface area contributed by atoms with Crippen LogP contribution in [-0.4, -0.2) is 48.6 Å². The van der Waals surface area contributed by atoms with Gasteiger partial charge in [-0.25, -0.2) is 0 Å². The fourth-order valence-electron chi connectivity index (χ4n) is 2.92. The summed E-state index contributed by atoms with van der Waals surface area (Å²) in [6.45, 7) is 9.23. The second kappa shape index (κ2) is 8.22. The molecule has 0 aliphatic carbocycles. The maximum Gasteiger partial charge on any atom is 0.264 e. The van der Waals surface area contributed by atoms with Crippen molar-refractivity contribution in [2.24, 2.45) is 0 Å². The lowest BCUT2D eigenvalue weighted by atomic mass is 10.1.